The van der Waals surface area contributed by atoms with E-state index in [-0.39, 0.29) is 0 Å². The molecule has 180 valence electrons. The molecule has 0 atom stereocenters. The number of thiophene rings is 1. The van der Waals surface area contributed by atoms with Crippen molar-refractivity contribution in [2.24, 2.45) is 0 Å². The molecule has 0 radical (unpaired) electrons. The summed E-state index contributed by atoms with van der Waals surface area (Å²) in [6, 6.07) is 36.7. The van der Waals surface area contributed by atoms with Gasteiger partial charge >= 0.3 is 0 Å². The van der Waals surface area contributed by atoms with E-state index in [0.29, 0.717) is 5.95 Å². The van der Waals surface area contributed by atoms with Gasteiger partial charge in [0.05, 0.1) is 22.2 Å². The maximum Gasteiger partial charge on any atom is 0.235 e. The molecule has 0 amide bonds. The molecule has 8 rings (SSSR count). The fraction of sp³-hybridized carbons (Fsp3) is 0.0588. The number of aryl methyl sites for hydroxylation is 2. The number of benzene rings is 5. The van der Waals surface area contributed by atoms with Crippen LogP contribution >= 0.6 is 11.3 Å². The second-order valence-electron chi connectivity index (χ2n) is 10.0. The molecule has 3 heterocycles. The molecule has 0 saturated heterocycles. The molecule has 5 aromatic carbocycles. The zero-order valence-electron chi connectivity index (χ0n) is 21.1. The van der Waals surface area contributed by atoms with Gasteiger partial charge < -0.3 is 0 Å². The Morgan fingerprint density at radius 1 is 0.605 bits per heavy atom. The van der Waals surface area contributed by atoms with Crippen molar-refractivity contribution >= 4 is 64.2 Å². The number of aromatic nitrogens is 3. The molecule has 8 aromatic rings. The average molecular weight is 506 g/mol. The first-order valence-corrected chi connectivity index (χ1v) is 13.7. The van der Waals surface area contributed by atoms with Crippen molar-refractivity contribution in [3.63, 3.8) is 0 Å². The van der Waals surface area contributed by atoms with Crippen molar-refractivity contribution in [1.29, 1.82) is 0 Å². The van der Waals surface area contributed by atoms with E-state index in [2.05, 4.69) is 109 Å². The van der Waals surface area contributed by atoms with Gasteiger partial charge in [-0.1, -0.05) is 77.9 Å². The standard InChI is InChI=1S/C34H23N3S/c1-20-12-15-28-26(19-20)31-29(16-14-23-25-18-21(2)13-17-30(25)38-33(23)31)37(28)34-35-27-11-7-6-10-24(27)32(36-34)22-8-4-3-5-9-22/h3-19H,1-2H3. The maximum atomic E-state index is 5.23. The summed E-state index contributed by atoms with van der Waals surface area (Å²) in [7, 11) is 0. The highest BCUT2D eigenvalue weighted by Gasteiger charge is 2.20. The summed E-state index contributed by atoms with van der Waals surface area (Å²) in [6.45, 7) is 4.33. The topological polar surface area (TPSA) is 30.7 Å². The summed E-state index contributed by atoms with van der Waals surface area (Å²) in [5, 5.41) is 6.21. The van der Waals surface area contributed by atoms with Gasteiger partial charge in [0.15, 0.2) is 0 Å². The highest BCUT2D eigenvalue weighted by molar-refractivity contribution is 7.26. The normalized spacial score (nSPS) is 11.9. The van der Waals surface area contributed by atoms with Gasteiger partial charge in [0.25, 0.3) is 0 Å². The smallest absolute Gasteiger partial charge is 0.235 e. The van der Waals surface area contributed by atoms with E-state index in [1.807, 2.05) is 23.5 Å². The van der Waals surface area contributed by atoms with Crippen LogP contribution in [0.5, 0.6) is 0 Å². The Morgan fingerprint density at radius 3 is 2.21 bits per heavy atom. The minimum Gasteiger partial charge on any atom is -0.278 e. The number of para-hydroxylation sites is 1. The number of hydrogen-bond donors (Lipinski definition) is 0. The zero-order chi connectivity index (χ0) is 25.4. The molecule has 0 unspecified atom stereocenters. The summed E-state index contributed by atoms with van der Waals surface area (Å²) < 4.78 is 4.89. The van der Waals surface area contributed by atoms with Crippen LogP contribution in [0.3, 0.4) is 0 Å². The second-order valence-corrected chi connectivity index (χ2v) is 11.1. The Kier molecular flexibility index (Phi) is 4.52. The molecule has 0 bridgehead atoms. The van der Waals surface area contributed by atoms with Gasteiger partial charge in [-0.15, -0.1) is 11.3 Å². The Bertz CT molecular complexity index is 2200. The van der Waals surface area contributed by atoms with Gasteiger partial charge in [-0.05, 0) is 50.2 Å². The van der Waals surface area contributed by atoms with Crippen molar-refractivity contribution in [1.82, 2.24) is 14.5 Å². The lowest BCUT2D eigenvalue weighted by Gasteiger charge is -2.11. The van der Waals surface area contributed by atoms with Crippen LogP contribution in [0.1, 0.15) is 11.1 Å². The Hall–Kier alpha value is -4.54. The van der Waals surface area contributed by atoms with E-state index in [1.54, 1.807) is 0 Å². The summed E-state index contributed by atoms with van der Waals surface area (Å²) in [5.74, 6) is 0.697. The van der Waals surface area contributed by atoms with E-state index in [0.717, 1.165) is 33.2 Å². The van der Waals surface area contributed by atoms with E-state index in [1.165, 1.54) is 42.1 Å². The first-order chi connectivity index (χ1) is 18.7. The van der Waals surface area contributed by atoms with Gasteiger partial charge in [0, 0.05) is 41.9 Å². The van der Waals surface area contributed by atoms with Crippen LogP contribution in [0.2, 0.25) is 0 Å². The van der Waals surface area contributed by atoms with Gasteiger partial charge in [-0.2, -0.15) is 0 Å². The molecule has 3 nitrogen and oxygen atoms in total. The summed E-state index contributed by atoms with van der Waals surface area (Å²) in [5.41, 5.74) is 7.77. The van der Waals surface area contributed by atoms with E-state index < -0.39 is 0 Å². The number of rotatable bonds is 2. The monoisotopic (exact) mass is 505 g/mol. The molecule has 0 saturated carbocycles. The third-order valence-corrected chi connectivity index (χ3v) is 8.72. The predicted octanol–water partition coefficient (Wildman–Crippen LogP) is 9.38. The highest BCUT2D eigenvalue weighted by Crippen LogP contribution is 2.43. The number of nitrogens with zero attached hydrogens (tertiary/aromatic N) is 3. The predicted molar refractivity (Wildman–Crippen MR) is 162 cm³/mol. The summed E-state index contributed by atoms with van der Waals surface area (Å²) in [6.07, 6.45) is 0. The van der Waals surface area contributed by atoms with Crippen LogP contribution in [-0.2, 0) is 0 Å². The fourth-order valence-corrected chi connectivity index (χ4v) is 7.00. The molecule has 0 aliphatic carbocycles. The molecule has 0 aliphatic heterocycles. The third-order valence-electron chi connectivity index (χ3n) is 7.51. The van der Waals surface area contributed by atoms with Gasteiger partial charge in [0.1, 0.15) is 0 Å². The summed E-state index contributed by atoms with van der Waals surface area (Å²) in [4.78, 5) is 10.3. The SMILES string of the molecule is Cc1ccc2sc3c(ccc4c3c3cc(C)ccc3n4-c3nc(-c4ccccc4)c4ccccc4n3)c2c1. The van der Waals surface area contributed by atoms with Gasteiger partial charge in [-0.3, -0.25) is 4.57 Å². The molecular weight excluding hydrogens is 482 g/mol. The molecule has 4 heteroatoms. The average Bonchev–Trinajstić information content (AvgIpc) is 3.47. The van der Waals surface area contributed by atoms with Crippen LogP contribution in [0, 0.1) is 13.8 Å². The molecule has 0 aliphatic rings. The van der Waals surface area contributed by atoms with Crippen LogP contribution < -0.4 is 0 Å². The molecule has 0 spiro atoms. The first kappa shape index (κ1) is 21.5. The molecule has 0 fully saturated rings. The van der Waals surface area contributed by atoms with Gasteiger partial charge in [0.2, 0.25) is 5.95 Å². The van der Waals surface area contributed by atoms with Crippen LogP contribution in [-0.4, -0.2) is 14.5 Å². The van der Waals surface area contributed by atoms with Crippen molar-refractivity contribution < 1.29 is 0 Å². The quantitative estimate of drug-likeness (QED) is 0.234. The third kappa shape index (κ3) is 3.07. The lowest BCUT2D eigenvalue weighted by molar-refractivity contribution is 1.01. The van der Waals surface area contributed by atoms with E-state index >= 15 is 0 Å². The van der Waals surface area contributed by atoms with Gasteiger partial charge in [-0.25, -0.2) is 9.97 Å². The minimum absolute atomic E-state index is 0.697. The first-order valence-electron chi connectivity index (χ1n) is 12.8. The largest absolute Gasteiger partial charge is 0.278 e. The lowest BCUT2D eigenvalue weighted by Crippen LogP contribution is -2.03. The Balaban J connectivity index is 1.53. The fourth-order valence-electron chi connectivity index (χ4n) is 5.76. The lowest BCUT2D eigenvalue weighted by atomic mass is 10.1. The van der Waals surface area contributed by atoms with Crippen molar-refractivity contribution in [2.45, 2.75) is 13.8 Å². The van der Waals surface area contributed by atoms with E-state index in [9.17, 15) is 0 Å². The maximum absolute atomic E-state index is 5.23. The highest BCUT2D eigenvalue weighted by atomic mass is 32.1. The Labute approximate surface area is 223 Å². The molecule has 38 heavy (non-hydrogen) atoms. The zero-order valence-corrected chi connectivity index (χ0v) is 21.9. The van der Waals surface area contributed by atoms with Crippen molar-refractivity contribution in [3.05, 3.63) is 114 Å². The number of hydrogen-bond acceptors (Lipinski definition) is 3. The van der Waals surface area contributed by atoms with E-state index in [4.69, 9.17) is 9.97 Å². The summed E-state index contributed by atoms with van der Waals surface area (Å²) >= 11 is 1.88. The molecule has 3 aromatic heterocycles. The minimum atomic E-state index is 0.697. The molecular formula is C34H23N3S. The number of fused-ring (bicyclic) bond motifs is 8. The Morgan fingerprint density at radius 2 is 1.34 bits per heavy atom. The molecule has 0 N–H and O–H groups in total. The second kappa shape index (κ2) is 7.98. The van der Waals surface area contributed by atoms with Crippen molar-refractivity contribution in [3.8, 4) is 17.2 Å². The van der Waals surface area contributed by atoms with Crippen LogP contribution in [0.4, 0.5) is 0 Å². The van der Waals surface area contributed by atoms with Crippen LogP contribution in [0.15, 0.2) is 103 Å². The van der Waals surface area contributed by atoms with Crippen molar-refractivity contribution in [2.75, 3.05) is 0 Å². The van der Waals surface area contributed by atoms with Crippen LogP contribution in [0.25, 0.3) is 70.1 Å².